The summed E-state index contributed by atoms with van der Waals surface area (Å²) in [5.74, 6) is 0.591. The van der Waals surface area contributed by atoms with Crippen LogP contribution in [-0.4, -0.2) is 64.6 Å². The number of carbonyl (C=O) groups is 3. The minimum atomic E-state index is -0.736. The first-order chi connectivity index (χ1) is 13.3. The Morgan fingerprint density at radius 1 is 1.10 bits per heavy atom. The summed E-state index contributed by atoms with van der Waals surface area (Å²) < 4.78 is 4.98. The zero-order valence-corrected chi connectivity index (χ0v) is 20.0. The molecule has 29 heavy (non-hydrogen) atoms. The van der Waals surface area contributed by atoms with Gasteiger partial charge in [0.25, 0.3) is 0 Å². The molecule has 0 heterocycles. The maximum Gasteiger partial charge on any atom is 0.431 e. The van der Waals surface area contributed by atoms with Gasteiger partial charge in [0.1, 0.15) is 5.60 Å². The van der Waals surface area contributed by atoms with Gasteiger partial charge in [-0.15, -0.1) is 0 Å². The molecule has 0 rings (SSSR count). The molecule has 8 nitrogen and oxygen atoms in total. The van der Waals surface area contributed by atoms with Gasteiger partial charge in [-0.1, -0.05) is 20.8 Å². The number of hydroxylamine groups is 1. The van der Waals surface area contributed by atoms with Crippen LogP contribution in [0.15, 0.2) is 0 Å². The van der Waals surface area contributed by atoms with Crippen LogP contribution in [-0.2, 0) is 19.2 Å². The molecular formula is C20H39N3O5S. The molecule has 9 heteroatoms. The third kappa shape index (κ3) is 14.2. The van der Waals surface area contributed by atoms with Crippen LogP contribution in [0.5, 0.6) is 0 Å². The fourth-order valence-corrected chi connectivity index (χ4v) is 3.36. The monoisotopic (exact) mass is 433 g/mol. The van der Waals surface area contributed by atoms with E-state index >= 15 is 0 Å². The van der Waals surface area contributed by atoms with E-state index < -0.39 is 11.7 Å². The Balaban J connectivity index is 4.05. The van der Waals surface area contributed by atoms with Crippen molar-refractivity contribution in [2.45, 2.75) is 84.6 Å². The maximum atomic E-state index is 12.0. The predicted octanol–water partition coefficient (Wildman–Crippen LogP) is 3.11. The summed E-state index contributed by atoms with van der Waals surface area (Å²) >= 11 is 1.75. The Bertz CT molecular complexity index is 533. The third-order valence-corrected chi connectivity index (χ3v) is 5.27. The lowest BCUT2D eigenvalue weighted by atomic mass is 10.1. The van der Waals surface area contributed by atoms with Gasteiger partial charge in [-0.2, -0.15) is 17.2 Å². The molecule has 0 atom stereocenters. The first kappa shape index (κ1) is 27.5. The average molecular weight is 434 g/mol. The molecule has 0 spiro atoms. The summed E-state index contributed by atoms with van der Waals surface area (Å²) in [6, 6.07) is 0.192. The lowest BCUT2D eigenvalue weighted by Gasteiger charge is -2.31. The van der Waals surface area contributed by atoms with Crippen molar-refractivity contribution in [1.82, 2.24) is 15.7 Å². The van der Waals surface area contributed by atoms with Crippen molar-refractivity contribution in [3.05, 3.63) is 0 Å². The molecule has 0 saturated carbocycles. The van der Waals surface area contributed by atoms with E-state index in [-0.39, 0.29) is 29.2 Å². The summed E-state index contributed by atoms with van der Waals surface area (Å²) in [4.78, 5) is 41.9. The van der Waals surface area contributed by atoms with Crippen molar-refractivity contribution < 1.29 is 24.0 Å². The van der Waals surface area contributed by atoms with Crippen molar-refractivity contribution >= 4 is 29.7 Å². The Morgan fingerprint density at radius 3 is 2.24 bits per heavy atom. The van der Waals surface area contributed by atoms with E-state index in [2.05, 4.69) is 24.6 Å². The molecule has 2 N–H and O–H groups in total. The molecule has 0 aliphatic carbocycles. The lowest BCUT2D eigenvalue weighted by molar-refractivity contribution is -0.132. The first-order valence-electron chi connectivity index (χ1n) is 10.1. The van der Waals surface area contributed by atoms with E-state index in [1.54, 1.807) is 32.5 Å². The number of hydrogen-bond acceptors (Lipinski definition) is 6. The number of carbonyl (C=O) groups excluding carboxylic acids is 3. The topological polar surface area (TPSA) is 97.0 Å². The Kier molecular flexibility index (Phi) is 12.3. The zero-order chi connectivity index (χ0) is 22.7. The van der Waals surface area contributed by atoms with Gasteiger partial charge in [0.2, 0.25) is 11.8 Å². The molecule has 0 aromatic heterocycles. The molecule has 0 aromatic rings. The van der Waals surface area contributed by atoms with Gasteiger partial charge < -0.3 is 15.0 Å². The number of hydrogen-bond donors (Lipinski definition) is 2. The van der Waals surface area contributed by atoms with Gasteiger partial charge in [0, 0.05) is 36.1 Å². The number of rotatable bonds is 12. The highest BCUT2D eigenvalue weighted by atomic mass is 32.2. The molecule has 170 valence electrons. The van der Waals surface area contributed by atoms with Gasteiger partial charge in [-0.05, 0) is 41.0 Å². The Morgan fingerprint density at radius 2 is 1.72 bits per heavy atom. The Labute approximate surface area is 179 Å². The van der Waals surface area contributed by atoms with E-state index in [1.165, 1.54) is 0 Å². The minimum absolute atomic E-state index is 0.0132. The van der Waals surface area contributed by atoms with Crippen LogP contribution in [0.4, 0.5) is 4.79 Å². The smallest absolute Gasteiger partial charge is 0.431 e. The number of nitrogens with one attached hydrogen (secondary N) is 2. The van der Waals surface area contributed by atoms with Crippen LogP contribution in [0.1, 0.15) is 68.2 Å². The number of amides is 3. The second-order valence-electron chi connectivity index (χ2n) is 8.64. The summed E-state index contributed by atoms with van der Waals surface area (Å²) in [5.41, 5.74) is 1.45. The van der Waals surface area contributed by atoms with Gasteiger partial charge in [-0.25, -0.2) is 4.79 Å². The van der Waals surface area contributed by atoms with Crippen molar-refractivity contribution in [1.29, 1.82) is 0 Å². The normalized spacial score (nSPS) is 11.9. The van der Waals surface area contributed by atoms with Crippen LogP contribution in [0.3, 0.4) is 0 Å². The molecule has 0 aliphatic rings. The molecule has 0 saturated heterocycles. The molecule has 0 bridgehead atoms. The number of thioether (sulfide) groups is 1. The molecule has 0 radical (unpaired) electrons. The maximum absolute atomic E-state index is 12.0. The fraction of sp³-hybridized carbons (Fsp3) is 0.850. The van der Waals surface area contributed by atoms with Crippen LogP contribution in [0.25, 0.3) is 0 Å². The van der Waals surface area contributed by atoms with E-state index in [9.17, 15) is 14.4 Å². The molecule has 0 aliphatic heterocycles. The highest BCUT2D eigenvalue weighted by Crippen LogP contribution is 2.28. The molecule has 0 aromatic carbocycles. The summed E-state index contributed by atoms with van der Waals surface area (Å²) in [6.45, 7) is 16.4. The first-order valence-corrected chi connectivity index (χ1v) is 11.1. The minimum Gasteiger partial charge on any atom is -0.442 e. The standard InChI is InChI=1S/C20H39N3O5S/c1-9-17(25)23(15(2)3)12-10-20(7,8)29-13-11-21-16(24)14-27-22-18(26)28-19(4,5)6/h15H,9-14H2,1-8H3,(H,21,24)(H,22,26). The Hall–Kier alpha value is -1.48. The van der Waals surface area contributed by atoms with Crippen molar-refractivity contribution in [3.63, 3.8) is 0 Å². The van der Waals surface area contributed by atoms with Crippen molar-refractivity contribution in [2.75, 3.05) is 25.4 Å². The van der Waals surface area contributed by atoms with Crippen LogP contribution >= 0.6 is 11.8 Å². The van der Waals surface area contributed by atoms with Crippen LogP contribution < -0.4 is 10.8 Å². The fourth-order valence-electron chi connectivity index (χ4n) is 2.36. The second kappa shape index (κ2) is 13.0. The molecule has 0 unspecified atom stereocenters. The van der Waals surface area contributed by atoms with E-state index in [4.69, 9.17) is 9.57 Å². The van der Waals surface area contributed by atoms with Crippen molar-refractivity contribution in [3.8, 4) is 0 Å². The lowest BCUT2D eigenvalue weighted by Crippen LogP contribution is -2.39. The molecule has 0 fully saturated rings. The van der Waals surface area contributed by atoms with Crippen LogP contribution in [0.2, 0.25) is 0 Å². The molecular weight excluding hydrogens is 394 g/mol. The highest BCUT2D eigenvalue weighted by Gasteiger charge is 2.23. The SMILES string of the molecule is CCC(=O)N(CCC(C)(C)SCCNC(=O)CONC(=O)OC(C)(C)C)C(C)C. The van der Waals surface area contributed by atoms with E-state index in [0.29, 0.717) is 13.0 Å². The second-order valence-corrected chi connectivity index (χ2v) is 10.4. The summed E-state index contributed by atoms with van der Waals surface area (Å²) in [5, 5.41) is 2.75. The van der Waals surface area contributed by atoms with E-state index in [0.717, 1.165) is 18.7 Å². The van der Waals surface area contributed by atoms with Gasteiger partial charge >= 0.3 is 6.09 Å². The number of nitrogens with zero attached hydrogens (tertiary/aromatic N) is 1. The van der Waals surface area contributed by atoms with Crippen LogP contribution in [0, 0.1) is 0 Å². The van der Waals surface area contributed by atoms with Crippen molar-refractivity contribution in [2.24, 2.45) is 0 Å². The van der Waals surface area contributed by atoms with Gasteiger partial charge in [0.15, 0.2) is 6.61 Å². The summed E-state index contributed by atoms with van der Waals surface area (Å²) in [7, 11) is 0. The van der Waals surface area contributed by atoms with Gasteiger partial charge in [0.05, 0.1) is 0 Å². The molecule has 3 amide bonds. The average Bonchev–Trinajstić information content (AvgIpc) is 2.56. The zero-order valence-electron chi connectivity index (χ0n) is 19.2. The largest absolute Gasteiger partial charge is 0.442 e. The predicted molar refractivity (Wildman–Crippen MR) is 117 cm³/mol. The highest BCUT2D eigenvalue weighted by molar-refractivity contribution is 8.00. The summed E-state index contributed by atoms with van der Waals surface area (Å²) in [6.07, 6.45) is 0.653. The number of ether oxygens (including phenoxy) is 1. The third-order valence-electron chi connectivity index (χ3n) is 3.88. The van der Waals surface area contributed by atoms with E-state index in [1.807, 2.05) is 25.7 Å². The van der Waals surface area contributed by atoms with Gasteiger partial charge in [-0.3, -0.25) is 14.4 Å². The quantitative estimate of drug-likeness (QED) is 0.363.